The maximum atomic E-state index is 13.1. The second-order valence-electron chi connectivity index (χ2n) is 4.71. The molecular formula is C15H9Cl2FN4O2. The molecule has 3 aromatic rings. The first-order chi connectivity index (χ1) is 11.6. The van der Waals surface area contributed by atoms with E-state index in [1.54, 1.807) is 18.2 Å². The second kappa shape index (κ2) is 6.94. The fourth-order valence-corrected chi connectivity index (χ4v) is 2.31. The number of H-pyrrole nitrogens is 1. The van der Waals surface area contributed by atoms with Crippen LogP contribution in [-0.2, 0) is 0 Å². The number of carbonyl (C=O) groups excluding carboxylic acids is 1. The normalized spacial score (nSPS) is 12.0. The van der Waals surface area contributed by atoms with E-state index in [9.17, 15) is 9.18 Å². The molecule has 1 aromatic heterocycles. The molecule has 0 aliphatic rings. The Morgan fingerprint density at radius 3 is 2.58 bits per heavy atom. The Morgan fingerprint density at radius 1 is 1.17 bits per heavy atom. The number of ether oxygens (including phenoxy) is 1. The molecule has 0 amide bonds. The summed E-state index contributed by atoms with van der Waals surface area (Å²) in [5.41, 5.74) is 0.232. The number of nitrogens with zero attached hydrogens (tertiary/aromatic N) is 3. The van der Waals surface area contributed by atoms with Crippen molar-refractivity contribution >= 4 is 29.0 Å². The first-order valence-electron chi connectivity index (χ1n) is 6.70. The molecule has 6 nitrogen and oxygen atoms in total. The number of nitrogens with one attached hydrogen (secondary N) is 1. The molecule has 24 heavy (non-hydrogen) atoms. The van der Waals surface area contributed by atoms with Crippen LogP contribution in [0.15, 0.2) is 42.5 Å². The van der Waals surface area contributed by atoms with Gasteiger partial charge in [0.05, 0.1) is 5.02 Å². The van der Waals surface area contributed by atoms with Crippen molar-refractivity contribution in [1.29, 1.82) is 0 Å². The molecule has 3 rings (SSSR count). The van der Waals surface area contributed by atoms with Gasteiger partial charge in [0.2, 0.25) is 11.9 Å². The Balaban J connectivity index is 1.97. The highest BCUT2D eigenvalue weighted by Crippen LogP contribution is 2.34. The van der Waals surface area contributed by atoms with E-state index in [0.29, 0.717) is 0 Å². The molecule has 0 radical (unpaired) electrons. The van der Waals surface area contributed by atoms with E-state index in [4.69, 9.17) is 27.9 Å². The Kier molecular flexibility index (Phi) is 4.73. The predicted octanol–water partition coefficient (Wildman–Crippen LogP) is 3.65. The molecule has 122 valence electrons. The lowest BCUT2D eigenvalue weighted by Gasteiger charge is -2.16. The number of rotatable bonds is 5. The molecule has 0 spiro atoms. The number of halogens is 3. The zero-order valence-electron chi connectivity index (χ0n) is 11.9. The Morgan fingerprint density at radius 2 is 1.92 bits per heavy atom. The number of ketones is 1. The average molecular weight is 367 g/mol. The van der Waals surface area contributed by atoms with Crippen LogP contribution in [0.4, 0.5) is 4.39 Å². The van der Waals surface area contributed by atoms with Crippen molar-refractivity contribution in [2.45, 2.75) is 6.10 Å². The van der Waals surface area contributed by atoms with E-state index < -0.39 is 17.7 Å². The molecule has 1 N–H and O–H groups in total. The number of aromatic nitrogens is 4. The van der Waals surface area contributed by atoms with E-state index in [2.05, 4.69) is 20.6 Å². The van der Waals surface area contributed by atoms with Gasteiger partial charge in [-0.2, -0.15) is 0 Å². The number of aromatic amines is 1. The van der Waals surface area contributed by atoms with Crippen LogP contribution >= 0.6 is 23.2 Å². The standard InChI is InChI=1S/C15H9Cl2FN4O2/c16-10-2-1-3-11(12(10)17)24-14(15-19-21-22-20-15)13(23)8-4-6-9(18)7-5-8/h1-7,14H,(H,19,20,21,22). The number of hydrogen-bond donors (Lipinski definition) is 1. The zero-order valence-corrected chi connectivity index (χ0v) is 13.4. The summed E-state index contributed by atoms with van der Waals surface area (Å²) in [6.07, 6.45) is -1.19. The van der Waals surface area contributed by atoms with E-state index >= 15 is 0 Å². The van der Waals surface area contributed by atoms with Gasteiger partial charge in [0, 0.05) is 5.56 Å². The van der Waals surface area contributed by atoms with Gasteiger partial charge in [-0.3, -0.25) is 4.79 Å². The Bertz CT molecular complexity index is 856. The van der Waals surface area contributed by atoms with E-state index in [1.165, 1.54) is 24.3 Å². The molecular weight excluding hydrogens is 358 g/mol. The number of hydrogen-bond acceptors (Lipinski definition) is 5. The topological polar surface area (TPSA) is 80.8 Å². The third-order valence-corrected chi connectivity index (χ3v) is 3.94. The van der Waals surface area contributed by atoms with Gasteiger partial charge in [-0.15, -0.1) is 5.10 Å². The summed E-state index contributed by atoms with van der Waals surface area (Å²) in [6, 6.07) is 9.81. The first-order valence-corrected chi connectivity index (χ1v) is 7.46. The largest absolute Gasteiger partial charge is 0.472 e. The lowest BCUT2D eigenvalue weighted by atomic mass is 10.1. The van der Waals surface area contributed by atoms with Gasteiger partial charge in [0.15, 0.2) is 5.82 Å². The molecule has 9 heteroatoms. The Labute approximate surface area is 145 Å². The van der Waals surface area contributed by atoms with Gasteiger partial charge < -0.3 is 4.74 Å². The second-order valence-corrected chi connectivity index (χ2v) is 5.49. The summed E-state index contributed by atoms with van der Waals surface area (Å²) in [6.45, 7) is 0. The molecule has 1 unspecified atom stereocenters. The van der Waals surface area contributed by atoms with Crippen molar-refractivity contribution in [2.75, 3.05) is 0 Å². The summed E-state index contributed by atoms with van der Waals surface area (Å²) >= 11 is 12.0. The highest BCUT2D eigenvalue weighted by Gasteiger charge is 2.28. The van der Waals surface area contributed by atoms with Gasteiger partial charge in [-0.1, -0.05) is 29.3 Å². The summed E-state index contributed by atoms with van der Waals surface area (Å²) < 4.78 is 18.7. The maximum Gasteiger partial charge on any atom is 0.222 e. The summed E-state index contributed by atoms with van der Waals surface area (Å²) in [7, 11) is 0. The molecule has 0 aliphatic heterocycles. The van der Waals surface area contributed by atoms with Crippen molar-refractivity contribution in [3.63, 3.8) is 0 Å². The minimum absolute atomic E-state index is 0.0837. The average Bonchev–Trinajstić information content (AvgIpc) is 3.10. The van der Waals surface area contributed by atoms with Gasteiger partial charge in [0.1, 0.15) is 16.6 Å². The molecule has 0 bridgehead atoms. The minimum atomic E-state index is -1.19. The molecule has 1 heterocycles. The highest BCUT2D eigenvalue weighted by atomic mass is 35.5. The van der Waals surface area contributed by atoms with Crippen molar-refractivity contribution in [2.24, 2.45) is 0 Å². The quantitative estimate of drug-likeness (QED) is 0.697. The van der Waals surface area contributed by atoms with Crippen LogP contribution in [0.2, 0.25) is 10.0 Å². The van der Waals surface area contributed by atoms with Gasteiger partial charge >= 0.3 is 0 Å². The van der Waals surface area contributed by atoms with E-state index in [1.807, 2.05) is 0 Å². The monoisotopic (exact) mass is 366 g/mol. The smallest absolute Gasteiger partial charge is 0.222 e. The molecule has 1 atom stereocenters. The van der Waals surface area contributed by atoms with Crippen molar-refractivity contribution < 1.29 is 13.9 Å². The van der Waals surface area contributed by atoms with Crippen molar-refractivity contribution in [3.05, 3.63) is 69.7 Å². The van der Waals surface area contributed by atoms with Crippen LogP contribution in [0.3, 0.4) is 0 Å². The van der Waals surface area contributed by atoms with Gasteiger partial charge in [-0.05, 0) is 46.8 Å². The molecule has 0 saturated carbocycles. The number of benzene rings is 2. The third-order valence-electron chi connectivity index (χ3n) is 3.14. The van der Waals surface area contributed by atoms with Crippen LogP contribution in [0.25, 0.3) is 0 Å². The van der Waals surface area contributed by atoms with Crippen LogP contribution < -0.4 is 4.74 Å². The van der Waals surface area contributed by atoms with E-state index in [0.717, 1.165) is 0 Å². The fourth-order valence-electron chi connectivity index (χ4n) is 1.98. The Hall–Kier alpha value is -2.51. The van der Waals surface area contributed by atoms with Gasteiger partial charge in [-0.25, -0.2) is 9.49 Å². The van der Waals surface area contributed by atoms with Crippen LogP contribution in [0, 0.1) is 5.82 Å². The molecule has 2 aromatic carbocycles. The van der Waals surface area contributed by atoms with E-state index in [-0.39, 0.29) is 27.2 Å². The van der Waals surface area contributed by atoms with Crippen molar-refractivity contribution in [1.82, 2.24) is 20.6 Å². The number of tetrazole rings is 1. The fraction of sp³-hybridized carbons (Fsp3) is 0.0667. The van der Waals surface area contributed by atoms with Crippen LogP contribution in [-0.4, -0.2) is 26.4 Å². The maximum absolute atomic E-state index is 13.1. The van der Waals surface area contributed by atoms with Crippen molar-refractivity contribution in [3.8, 4) is 5.75 Å². The lowest BCUT2D eigenvalue weighted by Crippen LogP contribution is -2.21. The highest BCUT2D eigenvalue weighted by molar-refractivity contribution is 6.42. The third kappa shape index (κ3) is 3.37. The van der Waals surface area contributed by atoms with Crippen LogP contribution in [0.1, 0.15) is 22.3 Å². The SMILES string of the molecule is O=C(c1ccc(F)cc1)C(Oc1cccc(Cl)c1Cl)c1nnn[nH]1. The first kappa shape index (κ1) is 16.4. The predicted molar refractivity (Wildman–Crippen MR) is 84.7 cm³/mol. The molecule has 0 aliphatic carbocycles. The molecule has 0 saturated heterocycles. The number of Topliss-reactive ketones (excluding diaryl/α,β-unsaturated/α-hetero) is 1. The lowest BCUT2D eigenvalue weighted by molar-refractivity contribution is 0.0779. The summed E-state index contributed by atoms with van der Waals surface area (Å²) in [5.74, 6) is -0.644. The summed E-state index contributed by atoms with van der Waals surface area (Å²) in [4.78, 5) is 12.7. The van der Waals surface area contributed by atoms with Gasteiger partial charge in [0.25, 0.3) is 0 Å². The molecule has 0 fully saturated rings. The zero-order chi connectivity index (χ0) is 17.1. The minimum Gasteiger partial charge on any atom is -0.472 e. The number of carbonyl (C=O) groups is 1. The summed E-state index contributed by atoms with van der Waals surface area (Å²) in [5, 5.41) is 13.5. The van der Waals surface area contributed by atoms with Crippen LogP contribution in [0.5, 0.6) is 5.75 Å².